The highest BCUT2D eigenvalue weighted by molar-refractivity contribution is 5.93. The first-order chi connectivity index (χ1) is 11.0. The molecule has 2 heterocycles. The number of nitrogens with zero attached hydrogens (tertiary/aromatic N) is 4. The molecule has 0 radical (unpaired) electrons. The number of halogens is 2. The van der Waals surface area contributed by atoms with E-state index in [1.165, 1.54) is 17.2 Å². The van der Waals surface area contributed by atoms with Crippen LogP contribution in [0.15, 0.2) is 24.8 Å². The van der Waals surface area contributed by atoms with Crippen LogP contribution < -0.4 is 5.32 Å². The Morgan fingerprint density at radius 2 is 2.00 bits per heavy atom. The second-order valence-corrected chi connectivity index (χ2v) is 5.42. The van der Waals surface area contributed by atoms with Crippen LogP contribution in [0.3, 0.4) is 0 Å². The van der Waals surface area contributed by atoms with E-state index in [9.17, 15) is 13.6 Å². The predicted octanol–water partition coefficient (Wildman–Crippen LogP) is 2.27. The molecule has 2 N–H and O–H groups in total. The number of carbonyl (C=O) groups is 1. The van der Waals surface area contributed by atoms with Crippen molar-refractivity contribution >= 4 is 22.9 Å². The highest BCUT2D eigenvalue weighted by Gasteiger charge is 2.26. The molecule has 2 aromatic heterocycles. The number of amides is 1. The molecule has 0 aliphatic rings. The minimum atomic E-state index is -0.989. The van der Waals surface area contributed by atoms with Crippen LogP contribution in [-0.4, -0.2) is 30.6 Å². The van der Waals surface area contributed by atoms with Gasteiger partial charge in [0.15, 0.2) is 11.6 Å². The zero-order valence-corrected chi connectivity index (χ0v) is 12.4. The summed E-state index contributed by atoms with van der Waals surface area (Å²) in [6, 6.07) is 1.37. The second-order valence-electron chi connectivity index (χ2n) is 5.42. The van der Waals surface area contributed by atoms with Crippen LogP contribution in [-0.2, 0) is 4.79 Å². The van der Waals surface area contributed by atoms with Gasteiger partial charge in [-0.1, -0.05) is 13.8 Å². The number of aromatic nitrogens is 5. The van der Waals surface area contributed by atoms with Gasteiger partial charge < -0.3 is 4.57 Å². The summed E-state index contributed by atoms with van der Waals surface area (Å²) in [5.41, 5.74) is 0.623. The summed E-state index contributed by atoms with van der Waals surface area (Å²) in [6.45, 7) is 3.69. The van der Waals surface area contributed by atoms with Gasteiger partial charge in [0.25, 0.3) is 0 Å². The van der Waals surface area contributed by atoms with E-state index in [0.717, 1.165) is 12.1 Å². The van der Waals surface area contributed by atoms with Crippen LogP contribution in [0.5, 0.6) is 0 Å². The van der Waals surface area contributed by atoms with Crippen LogP contribution >= 0.6 is 0 Å². The molecule has 0 aliphatic heterocycles. The van der Waals surface area contributed by atoms with Crippen LogP contribution in [0.25, 0.3) is 11.0 Å². The maximum Gasteiger partial charge on any atom is 0.250 e. The van der Waals surface area contributed by atoms with Gasteiger partial charge in [0.05, 0.1) is 17.4 Å². The average molecular weight is 320 g/mol. The van der Waals surface area contributed by atoms with Crippen LogP contribution in [0.1, 0.15) is 19.9 Å². The molecule has 0 saturated carbocycles. The first kappa shape index (κ1) is 15.1. The molecule has 0 unspecified atom stereocenters. The standard InChI is InChI=1S/C14H14F2N6O/c1-7(2)12(13(23)20-14-17-5-19-21-14)22-6-18-10-3-8(15)9(16)4-11(10)22/h3-7,12H,1-2H3,(H2,17,19,20,21,23)/t12-/m0/s1. The third-order valence-corrected chi connectivity index (χ3v) is 3.47. The molecule has 23 heavy (non-hydrogen) atoms. The highest BCUT2D eigenvalue weighted by Crippen LogP contribution is 2.26. The zero-order valence-electron chi connectivity index (χ0n) is 12.4. The number of aromatic amines is 1. The number of H-pyrrole nitrogens is 1. The van der Waals surface area contributed by atoms with Crippen molar-refractivity contribution in [2.45, 2.75) is 19.9 Å². The summed E-state index contributed by atoms with van der Waals surface area (Å²) in [7, 11) is 0. The Morgan fingerprint density at radius 3 is 2.65 bits per heavy atom. The molecule has 1 atom stereocenters. The quantitative estimate of drug-likeness (QED) is 0.772. The van der Waals surface area contributed by atoms with Crippen molar-refractivity contribution in [3.05, 3.63) is 36.4 Å². The fraction of sp³-hybridized carbons (Fsp3) is 0.286. The van der Waals surface area contributed by atoms with Crippen molar-refractivity contribution in [1.29, 1.82) is 0 Å². The van der Waals surface area contributed by atoms with Crippen LogP contribution in [0.4, 0.5) is 14.7 Å². The number of nitrogens with one attached hydrogen (secondary N) is 2. The molecule has 9 heteroatoms. The third kappa shape index (κ3) is 2.77. The Morgan fingerprint density at radius 1 is 1.26 bits per heavy atom. The van der Waals surface area contributed by atoms with E-state index in [2.05, 4.69) is 25.5 Å². The van der Waals surface area contributed by atoms with Gasteiger partial charge in [0.1, 0.15) is 12.4 Å². The van der Waals surface area contributed by atoms with Gasteiger partial charge in [-0.15, -0.1) is 0 Å². The lowest BCUT2D eigenvalue weighted by atomic mass is 10.0. The van der Waals surface area contributed by atoms with Gasteiger partial charge in [-0.05, 0) is 5.92 Å². The summed E-state index contributed by atoms with van der Waals surface area (Å²) in [4.78, 5) is 20.4. The SMILES string of the molecule is CC(C)[C@@H](C(=O)Nc1ncn[nH]1)n1cnc2cc(F)c(F)cc21. The molecule has 0 fully saturated rings. The Bertz CT molecular complexity index is 842. The van der Waals surface area contributed by atoms with Gasteiger partial charge >= 0.3 is 0 Å². The fourth-order valence-electron chi connectivity index (χ4n) is 2.45. The van der Waals surface area contributed by atoms with Crippen LogP contribution in [0, 0.1) is 17.6 Å². The monoisotopic (exact) mass is 320 g/mol. The van der Waals surface area contributed by atoms with Crippen molar-refractivity contribution in [2.75, 3.05) is 5.32 Å². The molecule has 120 valence electrons. The zero-order chi connectivity index (χ0) is 16.6. The molecule has 3 aromatic rings. The van der Waals surface area contributed by atoms with Gasteiger partial charge in [-0.25, -0.2) is 18.9 Å². The van der Waals surface area contributed by atoms with Gasteiger partial charge in [-0.2, -0.15) is 10.1 Å². The molecule has 3 rings (SSSR count). The fourth-order valence-corrected chi connectivity index (χ4v) is 2.45. The lowest BCUT2D eigenvalue weighted by Crippen LogP contribution is -2.30. The lowest BCUT2D eigenvalue weighted by Gasteiger charge is -2.21. The molecule has 0 saturated heterocycles. The van der Waals surface area contributed by atoms with Gasteiger partial charge in [0, 0.05) is 12.1 Å². The van der Waals surface area contributed by atoms with E-state index in [-0.39, 0.29) is 23.3 Å². The first-order valence-electron chi connectivity index (χ1n) is 6.95. The maximum absolute atomic E-state index is 13.5. The summed E-state index contributed by atoms with van der Waals surface area (Å²) < 4.78 is 28.4. The summed E-state index contributed by atoms with van der Waals surface area (Å²) in [5, 5.41) is 8.78. The van der Waals surface area contributed by atoms with Crippen molar-refractivity contribution < 1.29 is 13.6 Å². The summed E-state index contributed by atoms with van der Waals surface area (Å²) in [5.74, 6) is -2.24. The summed E-state index contributed by atoms with van der Waals surface area (Å²) >= 11 is 0. The van der Waals surface area contributed by atoms with E-state index < -0.39 is 17.7 Å². The third-order valence-electron chi connectivity index (χ3n) is 3.47. The van der Waals surface area contributed by atoms with Crippen molar-refractivity contribution in [3.8, 4) is 0 Å². The topological polar surface area (TPSA) is 88.5 Å². The number of carbonyl (C=O) groups excluding carboxylic acids is 1. The summed E-state index contributed by atoms with van der Waals surface area (Å²) in [6.07, 6.45) is 2.67. The number of anilines is 1. The number of fused-ring (bicyclic) bond motifs is 1. The van der Waals surface area contributed by atoms with E-state index in [4.69, 9.17) is 0 Å². The molecule has 0 spiro atoms. The molecular weight excluding hydrogens is 306 g/mol. The van der Waals surface area contributed by atoms with Crippen molar-refractivity contribution in [2.24, 2.45) is 5.92 Å². The van der Waals surface area contributed by atoms with E-state index in [1.54, 1.807) is 0 Å². The van der Waals surface area contributed by atoms with E-state index in [1.807, 2.05) is 13.8 Å². The molecule has 7 nitrogen and oxygen atoms in total. The Hall–Kier alpha value is -2.84. The minimum Gasteiger partial charge on any atom is -0.318 e. The van der Waals surface area contributed by atoms with Crippen LogP contribution in [0.2, 0.25) is 0 Å². The lowest BCUT2D eigenvalue weighted by molar-refractivity contribution is -0.120. The number of imidazole rings is 1. The normalized spacial score (nSPS) is 12.7. The first-order valence-corrected chi connectivity index (χ1v) is 6.95. The Labute approximate surface area is 129 Å². The number of rotatable bonds is 4. The van der Waals surface area contributed by atoms with Crippen molar-refractivity contribution in [1.82, 2.24) is 24.7 Å². The van der Waals surface area contributed by atoms with Gasteiger partial charge in [0.2, 0.25) is 11.9 Å². The van der Waals surface area contributed by atoms with E-state index in [0.29, 0.717) is 5.52 Å². The largest absolute Gasteiger partial charge is 0.318 e. The smallest absolute Gasteiger partial charge is 0.250 e. The average Bonchev–Trinajstić information content (AvgIpc) is 3.11. The molecule has 1 amide bonds. The Kier molecular flexibility index (Phi) is 3.77. The number of hydrogen-bond acceptors (Lipinski definition) is 4. The van der Waals surface area contributed by atoms with Gasteiger partial charge in [-0.3, -0.25) is 10.1 Å². The number of hydrogen-bond donors (Lipinski definition) is 2. The molecule has 0 aliphatic carbocycles. The predicted molar refractivity (Wildman–Crippen MR) is 78.5 cm³/mol. The Balaban J connectivity index is 2.01. The molecule has 1 aromatic carbocycles. The molecular formula is C14H14F2N6O. The van der Waals surface area contributed by atoms with E-state index >= 15 is 0 Å². The number of benzene rings is 1. The molecule has 0 bridgehead atoms. The highest BCUT2D eigenvalue weighted by atomic mass is 19.2. The van der Waals surface area contributed by atoms with Crippen molar-refractivity contribution in [3.63, 3.8) is 0 Å². The second kappa shape index (κ2) is 5.75. The maximum atomic E-state index is 13.5. The minimum absolute atomic E-state index is 0.122.